The summed E-state index contributed by atoms with van der Waals surface area (Å²) in [6.45, 7) is 5.24. The average Bonchev–Trinajstić information content (AvgIpc) is 3.80. The third-order valence-corrected chi connectivity index (χ3v) is 9.52. The van der Waals surface area contributed by atoms with E-state index in [-0.39, 0.29) is 11.1 Å². The van der Waals surface area contributed by atoms with E-state index in [1.165, 1.54) is 47.1 Å². The van der Waals surface area contributed by atoms with Crippen molar-refractivity contribution in [3.63, 3.8) is 0 Å². The Kier molecular flexibility index (Phi) is 7.26. The Morgan fingerprint density at radius 1 is 1.11 bits per heavy atom. The summed E-state index contributed by atoms with van der Waals surface area (Å²) >= 11 is 2.75. The highest BCUT2D eigenvalue weighted by Gasteiger charge is 2.50. The molecule has 0 amide bonds. The smallest absolute Gasteiger partial charge is 0.186 e. The molecular formula is C29H27F2N7O4S2. The van der Waals surface area contributed by atoms with E-state index in [9.17, 15) is 14.6 Å². The first kappa shape index (κ1) is 29.0. The number of aliphatic hydroxyl groups excluding tert-OH is 2. The summed E-state index contributed by atoms with van der Waals surface area (Å²) in [5, 5.41) is 32.6. The third-order valence-electron chi connectivity index (χ3n) is 7.81. The molecule has 4 unspecified atom stereocenters. The summed E-state index contributed by atoms with van der Waals surface area (Å²) in [6, 6.07) is 6.32. The number of aromatic nitrogens is 7. The van der Waals surface area contributed by atoms with Gasteiger partial charge in [-0.05, 0) is 45.0 Å². The molecule has 1 fully saturated rings. The second kappa shape index (κ2) is 11.0. The van der Waals surface area contributed by atoms with Gasteiger partial charge in [-0.25, -0.2) is 28.4 Å². The Balaban J connectivity index is 1.31. The number of benzene rings is 2. The quantitative estimate of drug-likeness (QED) is 0.267. The first-order valence-corrected chi connectivity index (χ1v) is 15.5. The largest absolute Gasteiger partial charge is 0.391 e. The fourth-order valence-electron chi connectivity index (χ4n) is 5.83. The van der Waals surface area contributed by atoms with Gasteiger partial charge >= 0.3 is 0 Å². The summed E-state index contributed by atoms with van der Waals surface area (Å²) in [4.78, 5) is 13.1. The minimum absolute atomic E-state index is 0.00806. The molecule has 4 aromatic heterocycles. The molecule has 0 aliphatic carbocycles. The Labute approximate surface area is 257 Å². The zero-order valence-corrected chi connectivity index (χ0v) is 25.6. The van der Waals surface area contributed by atoms with Gasteiger partial charge in [0.15, 0.2) is 17.5 Å². The van der Waals surface area contributed by atoms with Gasteiger partial charge in [0.1, 0.15) is 41.8 Å². The second-order valence-corrected chi connectivity index (χ2v) is 12.8. The Morgan fingerprint density at radius 3 is 2.70 bits per heavy atom. The van der Waals surface area contributed by atoms with Crippen molar-refractivity contribution >= 4 is 43.1 Å². The van der Waals surface area contributed by atoms with Crippen LogP contribution in [0, 0.1) is 25.5 Å². The van der Waals surface area contributed by atoms with E-state index in [1.54, 1.807) is 29.9 Å². The van der Waals surface area contributed by atoms with E-state index in [1.807, 2.05) is 25.1 Å². The second-order valence-electron chi connectivity index (χ2n) is 10.7. The molecule has 1 aliphatic heterocycles. The molecular weight excluding hydrogens is 612 g/mol. The number of aliphatic hydroxyl groups is 2. The molecule has 6 aromatic rings. The number of thiazole rings is 2. The van der Waals surface area contributed by atoms with E-state index < -0.39 is 48.2 Å². The van der Waals surface area contributed by atoms with Crippen LogP contribution in [0.3, 0.4) is 0 Å². The molecule has 1 aliphatic rings. The molecule has 0 saturated carbocycles. The highest BCUT2D eigenvalue weighted by atomic mass is 32.1. The van der Waals surface area contributed by atoms with Crippen LogP contribution in [0.1, 0.15) is 35.7 Å². The van der Waals surface area contributed by atoms with E-state index in [0.717, 1.165) is 15.2 Å². The first-order chi connectivity index (χ1) is 21.1. The average molecular weight is 640 g/mol. The van der Waals surface area contributed by atoms with E-state index in [0.29, 0.717) is 27.6 Å². The molecule has 15 heteroatoms. The third kappa shape index (κ3) is 4.71. The predicted molar refractivity (Wildman–Crippen MR) is 160 cm³/mol. The van der Waals surface area contributed by atoms with Gasteiger partial charge in [-0.2, -0.15) is 10.2 Å². The van der Waals surface area contributed by atoms with Crippen LogP contribution in [-0.4, -0.2) is 76.3 Å². The normalized spacial score (nSPS) is 23.1. The van der Waals surface area contributed by atoms with Gasteiger partial charge < -0.3 is 19.7 Å². The lowest BCUT2D eigenvalue weighted by Crippen LogP contribution is -2.56. The maximum atomic E-state index is 15.1. The maximum absolute atomic E-state index is 15.1. The van der Waals surface area contributed by atoms with Gasteiger partial charge in [-0.15, -0.1) is 22.7 Å². The number of methoxy groups -OCH3 is 1. The van der Waals surface area contributed by atoms with E-state index >= 15 is 4.39 Å². The highest BCUT2D eigenvalue weighted by molar-refractivity contribution is 7.18. The lowest BCUT2D eigenvalue weighted by Gasteiger charge is -2.44. The molecule has 1 saturated heterocycles. The lowest BCUT2D eigenvalue weighted by atomic mass is 9.89. The topological polar surface area (TPSA) is 133 Å². The van der Waals surface area contributed by atoms with Crippen molar-refractivity contribution in [3.8, 4) is 16.8 Å². The number of ether oxygens (including phenoxy) is 2. The van der Waals surface area contributed by atoms with Crippen LogP contribution in [0.4, 0.5) is 8.78 Å². The Bertz CT molecular complexity index is 2000. The number of rotatable bonds is 6. The van der Waals surface area contributed by atoms with Crippen LogP contribution in [0.5, 0.6) is 0 Å². The fraction of sp³-hybridized carbons (Fsp3) is 0.345. The van der Waals surface area contributed by atoms with Crippen LogP contribution in [0.2, 0.25) is 0 Å². The molecule has 2 aromatic carbocycles. The Morgan fingerprint density at radius 2 is 1.93 bits per heavy atom. The van der Waals surface area contributed by atoms with E-state index in [4.69, 9.17) is 9.47 Å². The van der Waals surface area contributed by atoms with Gasteiger partial charge in [0.05, 0.1) is 43.4 Å². The number of halogens is 2. The summed E-state index contributed by atoms with van der Waals surface area (Å²) in [5.74, 6) is -1.32. The van der Waals surface area contributed by atoms with Crippen molar-refractivity contribution in [1.82, 2.24) is 34.5 Å². The fourth-order valence-corrected chi connectivity index (χ4v) is 7.40. The predicted octanol–water partition coefficient (Wildman–Crippen LogP) is 4.68. The van der Waals surface area contributed by atoms with Crippen LogP contribution >= 0.6 is 22.7 Å². The highest BCUT2D eigenvalue weighted by Crippen LogP contribution is 2.41. The molecule has 0 bridgehead atoms. The summed E-state index contributed by atoms with van der Waals surface area (Å²) in [5.41, 5.74) is 3.28. The van der Waals surface area contributed by atoms with Crippen molar-refractivity contribution in [2.24, 2.45) is 0 Å². The monoisotopic (exact) mass is 639 g/mol. The molecule has 0 radical (unpaired) electrons. The molecule has 11 nitrogen and oxygen atoms in total. The van der Waals surface area contributed by atoms with Gasteiger partial charge in [-0.3, -0.25) is 4.68 Å². The number of hydrogen-bond acceptors (Lipinski definition) is 11. The lowest BCUT2D eigenvalue weighted by molar-refractivity contribution is -0.230. The van der Waals surface area contributed by atoms with Crippen molar-refractivity contribution < 1.29 is 28.5 Å². The molecule has 7 rings (SSSR count). The zero-order chi connectivity index (χ0) is 30.9. The van der Waals surface area contributed by atoms with Crippen LogP contribution in [0.25, 0.3) is 37.2 Å². The van der Waals surface area contributed by atoms with Gasteiger partial charge in [-0.1, -0.05) is 0 Å². The summed E-state index contributed by atoms with van der Waals surface area (Å²) in [6.07, 6.45) is -2.25. The minimum atomic E-state index is -1.30. The zero-order valence-electron chi connectivity index (χ0n) is 23.9. The van der Waals surface area contributed by atoms with Gasteiger partial charge in [0, 0.05) is 24.4 Å². The number of nitrogens with zero attached hydrogens (tertiary/aromatic N) is 7. The molecule has 2 N–H and O–H groups in total. The van der Waals surface area contributed by atoms with Crippen LogP contribution < -0.4 is 0 Å². The van der Waals surface area contributed by atoms with E-state index in [2.05, 4.69) is 25.1 Å². The summed E-state index contributed by atoms with van der Waals surface area (Å²) < 4.78 is 46.5. The summed E-state index contributed by atoms with van der Waals surface area (Å²) in [7, 11) is 1.44. The first-order valence-electron chi connectivity index (χ1n) is 13.8. The molecule has 228 valence electrons. The van der Waals surface area contributed by atoms with Crippen molar-refractivity contribution in [2.45, 2.75) is 57.3 Å². The SMILES string of the molecule is CO[C@H]1C(C(C)O)O[C@@H](c2nc(C)nn2-c2ccc3nc(C)sc3c2)C(O)C1n1cc(-c2cc3scnc3c(F)c2F)cn1. The van der Waals surface area contributed by atoms with Crippen LogP contribution in [0.15, 0.2) is 42.2 Å². The number of hydrogen-bond donors (Lipinski definition) is 2. The molecule has 5 heterocycles. The van der Waals surface area contributed by atoms with Crippen molar-refractivity contribution in [1.29, 1.82) is 0 Å². The molecule has 6 atom stereocenters. The number of fused-ring (bicyclic) bond motifs is 2. The molecule has 0 spiro atoms. The standard InChI is InChI=1S/C29H27F2N7O4S2/c1-12(39)26-27(41-4)24(37-10-15(9-33-37)17-8-20-23(32-11-43-20)22(31)21(17)30)25(40)28(42-26)29-34-13(2)36-38(29)16-5-6-18-19(7-16)44-14(3)35-18/h5-12,24-28,39-40H,1-4H3/t12?,24?,25?,26?,27-,28-/m1/s1. The van der Waals surface area contributed by atoms with Gasteiger partial charge in [0.2, 0.25) is 0 Å². The Hall–Kier alpha value is -3.73. The minimum Gasteiger partial charge on any atom is -0.391 e. The van der Waals surface area contributed by atoms with Crippen molar-refractivity contribution in [2.75, 3.05) is 7.11 Å². The van der Waals surface area contributed by atoms with Crippen molar-refractivity contribution in [3.05, 3.63) is 70.5 Å². The maximum Gasteiger partial charge on any atom is 0.186 e. The van der Waals surface area contributed by atoms with Gasteiger partial charge in [0.25, 0.3) is 0 Å². The van der Waals surface area contributed by atoms with Crippen LogP contribution in [-0.2, 0) is 9.47 Å². The molecule has 44 heavy (non-hydrogen) atoms. The number of aryl methyl sites for hydroxylation is 2.